The number of thioether (sulfide) groups is 1. The van der Waals surface area contributed by atoms with Crippen LogP contribution in [-0.4, -0.2) is 29.2 Å². The van der Waals surface area contributed by atoms with E-state index in [9.17, 15) is 4.79 Å². The second-order valence-electron chi connectivity index (χ2n) is 5.72. The number of rotatable bonds is 6. The van der Waals surface area contributed by atoms with E-state index in [0.29, 0.717) is 12.2 Å². The highest BCUT2D eigenvalue weighted by molar-refractivity contribution is 7.99. The van der Waals surface area contributed by atoms with E-state index in [1.165, 1.54) is 64.2 Å². The van der Waals surface area contributed by atoms with Crippen molar-refractivity contribution >= 4 is 30.3 Å². The molecule has 0 aromatic heterocycles. The van der Waals surface area contributed by atoms with Gasteiger partial charge in [0, 0.05) is 24.0 Å². The van der Waals surface area contributed by atoms with E-state index in [1.807, 2.05) is 0 Å². The average Bonchev–Trinajstić information content (AvgIpc) is 2.50. The molecule has 0 saturated heterocycles. The Balaban J connectivity index is 2.12. The summed E-state index contributed by atoms with van der Waals surface area (Å²) >= 11 is 6.14. The molecule has 1 aliphatic rings. The lowest BCUT2D eigenvalue weighted by Gasteiger charge is -2.16. The van der Waals surface area contributed by atoms with E-state index in [4.69, 9.17) is 0 Å². The van der Waals surface area contributed by atoms with E-state index in [-0.39, 0.29) is 5.91 Å². The van der Waals surface area contributed by atoms with Gasteiger partial charge in [0.1, 0.15) is 0 Å². The highest BCUT2D eigenvalue weighted by atomic mass is 32.2. The van der Waals surface area contributed by atoms with Gasteiger partial charge in [-0.1, -0.05) is 51.4 Å². The molecular formula is C16H31NOS2. The molecule has 118 valence electrons. The molecule has 2 nitrogen and oxygen atoms in total. The van der Waals surface area contributed by atoms with E-state index >= 15 is 0 Å². The number of thiol groups is 1. The van der Waals surface area contributed by atoms with Gasteiger partial charge in [-0.15, -0.1) is 0 Å². The van der Waals surface area contributed by atoms with Crippen LogP contribution in [0.15, 0.2) is 0 Å². The Morgan fingerprint density at radius 2 is 1.55 bits per heavy atom. The largest absolute Gasteiger partial charge is 0.355 e. The standard InChI is InChI=1S/C16H31NOS2/c18-16(11-13-19)17-12-14-20-15-9-7-5-3-1-2-4-6-8-10-15/h15,19H,1-14H2,(H,17,18). The van der Waals surface area contributed by atoms with Crippen LogP contribution in [0.5, 0.6) is 0 Å². The maximum atomic E-state index is 11.3. The smallest absolute Gasteiger partial charge is 0.220 e. The third-order valence-corrected chi connectivity index (χ3v) is 5.53. The molecule has 1 rings (SSSR count). The molecule has 0 radical (unpaired) electrons. The molecule has 20 heavy (non-hydrogen) atoms. The zero-order valence-corrected chi connectivity index (χ0v) is 14.5. The maximum absolute atomic E-state index is 11.3. The van der Waals surface area contributed by atoms with Crippen molar-refractivity contribution in [2.45, 2.75) is 75.9 Å². The fraction of sp³-hybridized carbons (Fsp3) is 0.938. The quantitative estimate of drug-likeness (QED) is 0.560. The fourth-order valence-electron chi connectivity index (χ4n) is 2.72. The van der Waals surface area contributed by atoms with Gasteiger partial charge in [-0.2, -0.15) is 24.4 Å². The molecule has 1 saturated carbocycles. The van der Waals surface area contributed by atoms with Gasteiger partial charge in [-0.05, 0) is 18.6 Å². The third kappa shape index (κ3) is 9.98. The molecule has 0 aromatic rings. The number of carbonyl (C=O) groups is 1. The van der Waals surface area contributed by atoms with Crippen LogP contribution < -0.4 is 5.32 Å². The Morgan fingerprint density at radius 1 is 1.00 bits per heavy atom. The van der Waals surface area contributed by atoms with E-state index in [0.717, 1.165) is 17.5 Å². The van der Waals surface area contributed by atoms with Crippen molar-refractivity contribution in [2.75, 3.05) is 18.1 Å². The molecule has 1 fully saturated rings. The summed E-state index contributed by atoms with van der Waals surface area (Å²) in [6.07, 6.45) is 14.6. The lowest BCUT2D eigenvalue weighted by atomic mass is 10.1. The van der Waals surface area contributed by atoms with Crippen LogP contribution in [0.25, 0.3) is 0 Å². The van der Waals surface area contributed by atoms with E-state index in [2.05, 4.69) is 29.7 Å². The van der Waals surface area contributed by atoms with Gasteiger partial charge in [0.05, 0.1) is 0 Å². The molecule has 0 heterocycles. The first kappa shape index (κ1) is 18.2. The number of amides is 1. The van der Waals surface area contributed by atoms with Crippen LogP contribution >= 0.6 is 24.4 Å². The Kier molecular flexibility index (Phi) is 11.7. The summed E-state index contributed by atoms with van der Waals surface area (Å²) in [6, 6.07) is 0. The van der Waals surface area contributed by atoms with Gasteiger partial charge < -0.3 is 5.32 Å². The summed E-state index contributed by atoms with van der Waals surface area (Å²) in [5.41, 5.74) is 0. The first-order chi connectivity index (χ1) is 9.83. The lowest BCUT2D eigenvalue weighted by molar-refractivity contribution is -0.120. The van der Waals surface area contributed by atoms with Crippen LogP contribution in [0.4, 0.5) is 0 Å². The van der Waals surface area contributed by atoms with Gasteiger partial charge in [-0.3, -0.25) is 4.79 Å². The zero-order chi connectivity index (χ0) is 14.5. The summed E-state index contributed by atoms with van der Waals surface area (Å²) in [5, 5.41) is 3.79. The van der Waals surface area contributed by atoms with Crippen LogP contribution in [0.2, 0.25) is 0 Å². The van der Waals surface area contributed by atoms with Crippen LogP contribution in [0.3, 0.4) is 0 Å². The van der Waals surface area contributed by atoms with Crippen molar-refractivity contribution < 1.29 is 4.79 Å². The van der Waals surface area contributed by atoms with Gasteiger partial charge in [0.15, 0.2) is 0 Å². The molecule has 1 aliphatic carbocycles. The monoisotopic (exact) mass is 317 g/mol. The molecule has 0 aliphatic heterocycles. The van der Waals surface area contributed by atoms with E-state index < -0.39 is 0 Å². The molecule has 4 heteroatoms. The predicted octanol–water partition coefficient (Wildman–Crippen LogP) is 4.44. The highest BCUT2D eigenvalue weighted by Gasteiger charge is 2.10. The average molecular weight is 318 g/mol. The first-order valence-corrected chi connectivity index (χ1v) is 10.00. The van der Waals surface area contributed by atoms with Gasteiger partial charge >= 0.3 is 0 Å². The van der Waals surface area contributed by atoms with Crippen molar-refractivity contribution in [3.63, 3.8) is 0 Å². The Bertz CT molecular complexity index is 237. The maximum Gasteiger partial charge on any atom is 0.220 e. The van der Waals surface area contributed by atoms with Crippen molar-refractivity contribution in [1.29, 1.82) is 0 Å². The molecule has 1 amide bonds. The second-order valence-corrected chi connectivity index (χ2v) is 7.58. The third-order valence-electron chi connectivity index (χ3n) is 3.92. The predicted molar refractivity (Wildman–Crippen MR) is 93.9 cm³/mol. The molecular weight excluding hydrogens is 286 g/mol. The molecule has 0 aromatic carbocycles. The summed E-state index contributed by atoms with van der Waals surface area (Å²) in [7, 11) is 0. The minimum Gasteiger partial charge on any atom is -0.355 e. The first-order valence-electron chi connectivity index (χ1n) is 8.32. The van der Waals surface area contributed by atoms with Gasteiger partial charge in [0.2, 0.25) is 5.91 Å². The van der Waals surface area contributed by atoms with Crippen molar-refractivity contribution in [2.24, 2.45) is 0 Å². The summed E-state index contributed by atoms with van der Waals surface area (Å²) in [5.74, 6) is 1.84. The molecule has 0 bridgehead atoms. The van der Waals surface area contributed by atoms with Crippen LogP contribution in [-0.2, 0) is 4.79 Å². The zero-order valence-electron chi connectivity index (χ0n) is 12.7. The Hall–Kier alpha value is 0.170. The summed E-state index contributed by atoms with van der Waals surface area (Å²) < 4.78 is 0. The summed E-state index contributed by atoms with van der Waals surface area (Å²) in [4.78, 5) is 11.3. The number of carbonyl (C=O) groups excluding carboxylic acids is 1. The minimum absolute atomic E-state index is 0.142. The number of hydrogen-bond acceptors (Lipinski definition) is 3. The van der Waals surface area contributed by atoms with Crippen molar-refractivity contribution in [3.05, 3.63) is 0 Å². The van der Waals surface area contributed by atoms with E-state index in [1.54, 1.807) is 0 Å². The topological polar surface area (TPSA) is 29.1 Å². The van der Waals surface area contributed by atoms with Crippen molar-refractivity contribution in [3.8, 4) is 0 Å². The van der Waals surface area contributed by atoms with Crippen molar-refractivity contribution in [1.82, 2.24) is 5.32 Å². The Labute approximate surface area is 134 Å². The number of hydrogen-bond donors (Lipinski definition) is 2. The van der Waals surface area contributed by atoms with Gasteiger partial charge in [-0.25, -0.2) is 0 Å². The molecule has 1 N–H and O–H groups in total. The molecule has 0 atom stereocenters. The fourth-order valence-corrected chi connectivity index (χ4v) is 4.14. The van der Waals surface area contributed by atoms with Gasteiger partial charge in [0.25, 0.3) is 0 Å². The summed E-state index contributed by atoms with van der Waals surface area (Å²) in [6.45, 7) is 0.813. The molecule has 0 spiro atoms. The number of nitrogens with one attached hydrogen (secondary N) is 1. The highest BCUT2D eigenvalue weighted by Crippen LogP contribution is 2.25. The SMILES string of the molecule is O=C(CCS)NCCSC1CCCCCCCCCC1. The lowest BCUT2D eigenvalue weighted by Crippen LogP contribution is -2.26. The normalized spacial score (nSPS) is 19.2. The minimum atomic E-state index is 0.142. The van der Waals surface area contributed by atoms with Crippen LogP contribution in [0.1, 0.15) is 70.6 Å². The Morgan fingerprint density at radius 3 is 2.10 bits per heavy atom. The molecule has 0 unspecified atom stereocenters. The van der Waals surface area contributed by atoms with Crippen LogP contribution in [0, 0.1) is 0 Å². The second kappa shape index (κ2) is 12.9.